The van der Waals surface area contributed by atoms with E-state index in [4.69, 9.17) is 15.4 Å². The van der Waals surface area contributed by atoms with Crippen LogP contribution in [-0.2, 0) is 4.74 Å². The summed E-state index contributed by atoms with van der Waals surface area (Å²) in [5, 5.41) is 31.0. The lowest BCUT2D eigenvalue weighted by molar-refractivity contribution is -0.172. The highest BCUT2D eigenvalue weighted by atomic mass is 16.5. The molecule has 0 radical (unpaired) electrons. The van der Waals surface area contributed by atoms with Gasteiger partial charge < -0.3 is 20.1 Å². The molecule has 1 aliphatic heterocycles. The van der Waals surface area contributed by atoms with Gasteiger partial charge in [-0.25, -0.2) is 0 Å². The van der Waals surface area contributed by atoms with Gasteiger partial charge in [0.1, 0.15) is 12.2 Å². The van der Waals surface area contributed by atoms with Gasteiger partial charge in [0.2, 0.25) is 0 Å². The zero-order valence-corrected chi connectivity index (χ0v) is 7.52. The van der Waals surface area contributed by atoms with Crippen molar-refractivity contribution in [2.45, 2.75) is 18.3 Å². The molecule has 1 unspecified atom stereocenters. The van der Waals surface area contributed by atoms with Gasteiger partial charge in [-0.3, -0.25) is 0 Å². The molecule has 1 fully saturated rings. The summed E-state index contributed by atoms with van der Waals surface area (Å²) in [6, 6.07) is 0. The first-order valence-electron chi connectivity index (χ1n) is 4.30. The molecule has 0 aliphatic carbocycles. The third kappa shape index (κ3) is 2.34. The second-order valence-electron chi connectivity index (χ2n) is 3.21. The summed E-state index contributed by atoms with van der Waals surface area (Å²) < 4.78 is 5.08. The molecule has 14 heavy (non-hydrogen) atoms. The fourth-order valence-electron chi connectivity index (χ4n) is 1.41. The minimum absolute atomic E-state index is 0.0763. The van der Waals surface area contributed by atoms with Crippen LogP contribution in [0.3, 0.4) is 0 Å². The van der Waals surface area contributed by atoms with Crippen LogP contribution in [0.25, 0.3) is 10.4 Å². The zero-order valence-electron chi connectivity index (χ0n) is 7.52. The second kappa shape index (κ2) is 5.14. The minimum atomic E-state index is -1.13. The number of nitrogens with zero attached hydrogens (tertiary/aromatic N) is 3. The lowest BCUT2D eigenvalue weighted by Crippen LogP contribution is -2.52. The fourth-order valence-corrected chi connectivity index (χ4v) is 1.41. The van der Waals surface area contributed by atoms with Gasteiger partial charge in [-0.15, -0.1) is 0 Å². The van der Waals surface area contributed by atoms with E-state index in [1.165, 1.54) is 0 Å². The monoisotopic (exact) mass is 203 g/mol. The Hall–Kier alpha value is -0.850. The van der Waals surface area contributed by atoms with Gasteiger partial charge in [0.15, 0.2) is 0 Å². The van der Waals surface area contributed by atoms with Crippen LogP contribution >= 0.6 is 0 Å². The first kappa shape index (κ1) is 11.2. The number of hydrogen-bond acceptors (Lipinski definition) is 5. The Labute approximate surface area is 80.6 Å². The average Bonchev–Trinajstić information content (AvgIpc) is 2.20. The van der Waals surface area contributed by atoms with Crippen molar-refractivity contribution in [3.05, 3.63) is 10.4 Å². The molecular formula is C7H13N3O4. The molecule has 0 saturated carbocycles. The number of ether oxygens (including phenoxy) is 1. The Bertz CT molecular complexity index is 231. The van der Waals surface area contributed by atoms with Crippen molar-refractivity contribution in [3.63, 3.8) is 0 Å². The smallest absolute Gasteiger partial charge is 0.109 e. The Morgan fingerprint density at radius 1 is 1.43 bits per heavy atom. The lowest BCUT2D eigenvalue weighted by Gasteiger charge is -2.36. The van der Waals surface area contributed by atoms with Crippen molar-refractivity contribution in [3.8, 4) is 0 Å². The van der Waals surface area contributed by atoms with E-state index in [0.717, 1.165) is 0 Å². The first-order chi connectivity index (χ1) is 6.70. The van der Waals surface area contributed by atoms with Gasteiger partial charge >= 0.3 is 0 Å². The number of azide groups is 1. The van der Waals surface area contributed by atoms with Crippen molar-refractivity contribution >= 4 is 0 Å². The van der Waals surface area contributed by atoms with Crippen molar-refractivity contribution in [1.29, 1.82) is 0 Å². The highest BCUT2D eigenvalue weighted by Gasteiger charge is 2.37. The molecule has 0 aromatic heterocycles. The molecule has 7 heteroatoms. The fraction of sp³-hybridized carbons (Fsp3) is 1.00. The van der Waals surface area contributed by atoms with Gasteiger partial charge in [-0.05, 0) is 5.53 Å². The van der Waals surface area contributed by atoms with Gasteiger partial charge in [-0.2, -0.15) is 0 Å². The topological polar surface area (TPSA) is 119 Å². The van der Waals surface area contributed by atoms with Crippen molar-refractivity contribution in [1.82, 2.24) is 0 Å². The van der Waals surface area contributed by atoms with E-state index in [2.05, 4.69) is 10.0 Å². The van der Waals surface area contributed by atoms with Crippen molar-refractivity contribution in [2.75, 3.05) is 19.8 Å². The summed E-state index contributed by atoms with van der Waals surface area (Å²) in [6.45, 7) is -0.0954. The molecule has 80 valence electrons. The predicted octanol–water partition coefficient (Wildman–Crippen LogP) is -0.974. The summed E-state index contributed by atoms with van der Waals surface area (Å²) in [4.78, 5) is 2.56. The largest absolute Gasteiger partial charge is 0.394 e. The van der Waals surface area contributed by atoms with Crippen LogP contribution in [0.2, 0.25) is 0 Å². The molecule has 1 saturated heterocycles. The van der Waals surface area contributed by atoms with E-state index >= 15 is 0 Å². The van der Waals surface area contributed by atoms with Gasteiger partial charge in [0.05, 0.1) is 19.3 Å². The molecule has 1 aliphatic rings. The molecular weight excluding hydrogens is 190 g/mol. The van der Waals surface area contributed by atoms with Crippen LogP contribution in [0.15, 0.2) is 5.11 Å². The van der Waals surface area contributed by atoms with E-state index < -0.39 is 24.2 Å². The first-order valence-corrected chi connectivity index (χ1v) is 4.30. The maximum atomic E-state index is 9.54. The van der Waals surface area contributed by atoms with Crippen molar-refractivity contribution < 1.29 is 20.1 Å². The quantitative estimate of drug-likeness (QED) is 0.310. The lowest BCUT2D eigenvalue weighted by atomic mass is 9.93. The Morgan fingerprint density at radius 2 is 2.14 bits per heavy atom. The molecule has 3 N–H and O–H groups in total. The molecule has 7 nitrogen and oxygen atoms in total. The maximum Gasteiger partial charge on any atom is 0.109 e. The van der Waals surface area contributed by atoms with Crippen LogP contribution in [0, 0.1) is 5.92 Å². The van der Waals surface area contributed by atoms with E-state index in [0.29, 0.717) is 0 Å². The number of rotatable bonds is 3. The highest BCUT2D eigenvalue weighted by Crippen LogP contribution is 2.20. The molecule has 1 heterocycles. The SMILES string of the molecule is [N-]=[N+]=NCC1CO[C@H](CO)[C@H](O)[C@@H]1O. The maximum absolute atomic E-state index is 9.54. The second-order valence-corrected chi connectivity index (χ2v) is 3.21. The van der Waals surface area contributed by atoms with E-state index in [-0.39, 0.29) is 19.8 Å². The van der Waals surface area contributed by atoms with Crippen LogP contribution in [0.1, 0.15) is 0 Å². The normalized spacial score (nSPS) is 37.6. The van der Waals surface area contributed by atoms with Gasteiger partial charge in [-0.1, -0.05) is 5.11 Å². The molecule has 0 bridgehead atoms. The molecule has 1 rings (SSSR count). The van der Waals surface area contributed by atoms with Crippen LogP contribution in [0.5, 0.6) is 0 Å². The summed E-state index contributed by atoms with van der Waals surface area (Å²) in [5.41, 5.74) is 8.08. The summed E-state index contributed by atoms with van der Waals surface area (Å²) in [6.07, 6.45) is -2.91. The minimum Gasteiger partial charge on any atom is -0.394 e. The average molecular weight is 203 g/mol. The Kier molecular flexibility index (Phi) is 4.12. The van der Waals surface area contributed by atoms with Crippen LogP contribution < -0.4 is 0 Å². The Balaban J connectivity index is 2.54. The number of aliphatic hydroxyl groups excluding tert-OH is 3. The van der Waals surface area contributed by atoms with Crippen LogP contribution in [0.4, 0.5) is 0 Å². The van der Waals surface area contributed by atoms with Crippen LogP contribution in [-0.4, -0.2) is 53.4 Å². The van der Waals surface area contributed by atoms with Crippen molar-refractivity contribution in [2.24, 2.45) is 11.0 Å². The standard InChI is InChI=1S/C7H13N3O4/c8-10-9-1-4-3-14-5(2-11)7(13)6(4)12/h4-7,11-13H,1-3H2/t4?,5-,6-,7+/m1/s1. The number of hydrogen-bond donors (Lipinski definition) is 3. The Morgan fingerprint density at radius 3 is 2.71 bits per heavy atom. The number of aliphatic hydroxyl groups is 3. The molecule has 0 aromatic carbocycles. The summed E-state index contributed by atoms with van der Waals surface area (Å²) in [5.74, 6) is -0.413. The van der Waals surface area contributed by atoms with E-state index in [9.17, 15) is 10.2 Å². The third-order valence-electron chi connectivity index (χ3n) is 2.30. The summed E-state index contributed by atoms with van der Waals surface area (Å²) in [7, 11) is 0. The van der Waals surface area contributed by atoms with Gasteiger partial charge in [0, 0.05) is 17.4 Å². The zero-order chi connectivity index (χ0) is 10.6. The molecule has 0 aromatic rings. The predicted molar refractivity (Wildman–Crippen MR) is 46.3 cm³/mol. The molecule has 0 amide bonds. The third-order valence-corrected chi connectivity index (χ3v) is 2.30. The van der Waals surface area contributed by atoms with E-state index in [1.807, 2.05) is 0 Å². The van der Waals surface area contributed by atoms with Gasteiger partial charge in [0.25, 0.3) is 0 Å². The highest BCUT2D eigenvalue weighted by molar-refractivity contribution is 4.87. The molecule has 0 spiro atoms. The summed E-state index contributed by atoms with van der Waals surface area (Å²) >= 11 is 0. The molecule has 4 atom stereocenters. The van der Waals surface area contributed by atoms with E-state index in [1.54, 1.807) is 0 Å².